The largest absolute Gasteiger partial charge is 0.384 e. The smallest absolute Gasteiger partial charge is 0.243 e. The number of rotatable bonds is 4. The van der Waals surface area contributed by atoms with Crippen LogP contribution in [0.25, 0.3) is 0 Å². The van der Waals surface area contributed by atoms with Crippen molar-refractivity contribution < 1.29 is 21.6 Å². The lowest BCUT2D eigenvalue weighted by atomic mass is 10.3. The van der Waals surface area contributed by atoms with E-state index in [-0.39, 0.29) is 12.4 Å². The molecule has 10 heteroatoms. The molecular weight excluding hydrogens is 309 g/mol. The standard InChI is InChI=1S/C11H11F3N4O2S/c1-18-11(15)6(4-16-18)5-17-21(19,20)8-3-2-7(12)9(13)10(8)14/h2-4,17H,5,15H2,1H3. The van der Waals surface area contributed by atoms with Gasteiger partial charge in [0, 0.05) is 19.2 Å². The van der Waals surface area contributed by atoms with Crippen LogP contribution in [0.3, 0.4) is 0 Å². The third-order valence-corrected chi connectivity index (χ3v) is 4.23. The first kappa shape index (κ1) is 15.3. The summed E-state index contributed by atoms with van der Waals surface area (Å²) in [6.07, 6.45) is 1.33. The fourth-order valence-corrected chi connectivity index (χ4v) is 2.67. The number of anilines is 1. The molecule has 0 aliphatic rings. The van der Waals surface area contributed by atoms with E-state index in [1.54, 1.807) is 7.05 Å². The Morgan fingerprint density at radius 3 is 2.52 bits per heavy atom. The Hall–Kier alpha value is -2.07. The second kappa shape index (κ2) is 5.37. The molecule has 21 heavy (non-hydrogen) atoms. The summed E-state index contributed by atoms with van der Waals surface area (Å²) in [6.45, 7) is -0.263. The number of nitrogen functional groups attached to an aromatic ring is 1. The highest BCUT2D eigenvalue weighted by Gasteiger charge is 2.24. The maximum Gasteiger partial charge on any atom is 0.243 e. The van der Waals surface area contributed by atoms with Gasteiger partial charge in [-0.05, 0) is 12.1 Å². The number of nitrogens with zero attached hydrogens (tertiary/aromatic N) is 2. The molecule has 6 nitrogen and oxygen atoms in total. The van der Waals surface area contributed by atoms with E-state index in [0.29, 0.717) is 17.7 Å². The fourth-order valence-electron chi connectivity index (χ4n) is 1.59. The van der Waals surface area contributed by atoms with Gasteiger partial charge < -0.3 is 5.73 Å². The van der Waals surface area contributed by atoms with Crippen molar-refractivity contribution in [1.29, 1.82) is 0 Å². The third-order valence-electron chi connectivity index (χ3n) is 2.81. The fraction of sp³-hybridized carbons (Fsp3) is 0.182. The molecule has 0 aliphatic heterocycles. The molecule has 114 valence electrons. The zero-order valence-corrected chi connectivity index (χ0v) is 11.6. The SMILES string of the molecule is Cn1ncc(CNS(=O)(=O)c2ccc(F)c(F)c2F)c1N. The summed E-state index contributed by atoms with van der Waals surface area (Å²) in [5.41, 5.74) is 5.99. The molecule has 0 unspecified atom stereocenters. The maximum atomic E-state index is 13.5. The first-order valence-electron chi connectivity index (χ1n) is 5.63. The first-order valence-corrected chi connectivity index (χ1v) is 7.12. The Balaban J connectivity index is 2.27. The van der Waals surface area contributed by atoms with Gasteiger partial charge in [-0.2, -0.15) is 5.10 Å². The van der Waals surface area contributed by atoms with Gasteiger partial charge in [-0.25, -0.2) is 26.3 Å². The number of sulfonamides is 1. The molecular formula is C11H11F3N4O2S. The summed E-state index contributed by atoms with van der Waals surface area (Å²) in [7, 11) is -2.80. The molecule has 0 aliphatic carbocycles. The highest BCUT2D eigenvalue weighted by molar-refractivity contribution is 7.89. The Labute approximate surface area is 118 Å². The lowest BCUT2D eigenvalue weighted by molar-refractivity contribution is 0.431. The highest BCUT2D eigenvalue weighted by atomic mass is 32.2. The van der Waals surface area contributed by atoms with Crippen LogP contribution in [0.2, 0.25) is 0 Å². The predicted octanol–water partition coefficient (Wildman–Crippen LogP) is 0.898. The topological polar surface area (TPSA) is 90.0 Å². The average Bonchev–Trinajstić information content (AvgIpc) is 2.74. The average molecular weight is 320 g/mol. The molecule has 3 N–H and O–H groups in total. The molecule has 0 atom stereocenters. The number of nitrogens with two attached hydrogens (primary N) is 1. The highest BCUT2D eigenvalue weighted by Crippen LogP contribution is 2.20. The van der Waals surface area contributed by atoms with Crippen molar-refractivity contribution in [2.24, 2.45) is 7.05 Å². The number of hydrogen-bond donors (Lipinski definition) is 2. The number of aromatic nitrogens is 2. The van der Waals surface area contributed by atoms with Crippen molar-refractivity contribution in [3.05, 3.63) is 41.3 Å². The van der Waals surface area contributed by atoms with Crippen LogP contribution >= 0.6 is 0 Å². The van der Waals surface area contributed by atoms with Crippen LogP contribution in [-0.4, -0.2) is 18.2 Å². The molecule has 2 rings (SSSR count). The van der Waals surface area contributed by atoms with E-state index in [2.05, 4.69) is 5.10 Å². The summed E-state index contributed by atoms with van der Waals surface area (Å²) in [5.74, 6) is -4.87. The van der Waals surface area contributed by atoms with Gasteiger partial charge in [-0.15, -0.1) is 0 Å². The van der Waals surface area contributed by atoms with E-state index in [1.165, 1.54) is 10.9 Å². The summed E-state index contributed by atoms with van der Waals surface area (Å²) in [6, 6.07) is 1.17. The van der Waals surface area contributed by atoms with Gasteiger partial charge in [0.1, 0.15) is 10.7 Å². The van der Waals surface area contributed by atoms with E-state index in [9.17, 15) is 21.6 Å². The van der Waals surface area contributed by atoms with Crippen LogP contribution in [-0.2, 0) is 23.6 Å². The van der Waals surface area contributed by atoms with Crippen LogP contribution < -0.4 is 10.5 Å². The third kappa shape index (κ3) is 2.85. The normalized spacial score (nSPS) is 11.8. The molecule has 0 amide bonds. The number of hydrogen-bond acceptors (Lipinski definition) is 4. The Morgan fingerprint density at radius 1 is 1.29 bits per heavy atom. The molecule has 1 heterocycles. The van der Waals surface area contributed by atoms with E-state index in [0.717, 1.165) is 0 Å². The van der Waals surface area contributed by atoms with Crippen molar-refractivity contribution >= 4 is 15.8 Å². The van der Waals surface area contributed by atoms with Gasteiger partial charge in [0.2, 0.25) is 10.0 Å². The number of aryl methyl sites for hydroxylation is 1. The van der Waals surface area contributed by atoms with E-state index < -0.39 is 32.4 Å². The molecule has 0 bridgehead atoms. The van der Waals surface area contributed by atoms with Gasteiger partial charge in [0.15, 0.2) is 17.5 Å². The van der Waals surface area contributed by atoms with Gasteiger partial charge in [0.25, 0.3) is 0 Å². The molecule has 2 aromatic rings. The quantitative estimate of drug-likeness (QED) is 0.819. The van der Waals surface area contributed by atoms with Crippen molar-refractivity contribution in [3.63, 3.8) is 0 Å². The molecule has 0 saturated carbocycles. The second-order valence-electron chi connectivity index (χ2n) is 4.18. The zero-order valence-electron chi connectivity index (χ0n) is 10.8. The minimum Gasteiger partial charge on any atom is -0.384 e. The minimum absolute atomic E-state index is 0.225. The van der Waals surface area contributed by atoms with Crippen molar-refractivity contribution in [2.45, 2.75) is 11.4 Å². The van der Waals surface area contributed by atoms with E-state index in [4.69, 9.17) is 5.73 Å². The lowest BCUT2D eigenvalue weighted by Crippen LogP contribution is -2.25. The van der Waals surface area contributed by atoms with Crippen LogP contribution in [0.15, 0.2) is 23.2 Å². The van der Waals surface area contributed by atoms with Crippen molar-refractivity contribution in [3.8, 4) is 0 Å². The van der Waals surface area contributed by atoms with Gasteiger partial charge >= 0.3 is 0 Å². The van der Waals surface area contributed by atoms with E-state index in [1.807, 2.05) is 4.72 Å². The second-order valence-corrected chi connectivity index (χ2v) is 5.91. The Bertz CT molecular complexity index is 789. The summed E-state index contributed by atoms with van der Waals surface area (Å²) >= 11 is 0. The Morgan fingerprint density at radius 2 is 1.95 bits per heavy atom. The van der Waals surface area contributed by atoms with Gasteiger partial charge in [-0.1, -0.05) is 0 Å². The predicted molar refractivity (Wildman–Crippen MR) is 68.0 cm³/mol. The molecule has 1 aromatic carbocycles. The monoisotopic (exact) mass is 320 g/mol. The van der Waals surface area contributed by atoms with Crippen LogP contribution in [0.5, 0.6) is 0 Å². The Kier molecular flexibility index (Phi) is 3.92. The number of halogens is 3. The summed E-state index contributed by atoms with van der Waals surface area (Å²) in [4.78, 5) is -0.983. The minimum atomic E-state index is -4.36. The summed E-state index contributed by atoms with van der Waals surface area (Å²) in [5, 5.41) is 3.81. The van der Waals surface area contributed by atoms with Crippen LogP contribution in [0.4, 0.5) is 19.0 Å². The van der Waals surface area contributed by atoms with Crippen LogP contribution in [0.1, 0.15) is 5.56 Å². The molecule has 0 radical (unpaired) electrons. The number of benzene rings is 1. The summed E-state index contributed by atoms with van der Waals surface area (Å²) < 4.78 is 66.5. The first-order chi connectivity index (χ1) is 9.74. The maximum absolute atomic E-state index is 13.5. The zero-order chi connectivity index (χ0) is 15.8. The van der Waals surface area contributed by atoms with Crippen molar-refractivity contribution in [1.82, 2.24) is 14.5 Å². The van der Waals surface area contributed by atoms with Crippen molar-refractivity contribution in [2.75, 3.05) is 5.73 Å². The molecule has 0 spiro atoms. The number of nitrogens with one attached hydrogen (secondary N) is 1. The van der Waals surface area contributed by atoms with Crippen LogP contribution in [0, 0.1) is 17.5 Å². The molecule has 0 saturated heterocycles. The molecule has 1 aromatic heterocycles. The van der Waals surface area contributed by atoms with E-state index >= 15 is 0 Å². The van der Waals surface area contributed by atoms with Gasteiger partial charge in [0.05, 0.1) is 6.20 Å². The molecule has 0 fully saturated rings. The lowest BCUT2D eigenvalue weighted by Gasteiger charge is -2.08. The van der Waals surface area contributed by atoms with Gasteiger partial charge in [-0.3, -0.25) is 4.68 Å².